The summed E-state index contributed by atoms with van der Waals surface area (Å²) in [5.74, 6) is 0.208. The Morgan fingerprint density at radius 3 is 2.09 bits per heavy atom. The molecule has 0 heterocycles. The molecule has 0 aromatic heterocycles. The fourth-order valence-electron chi connectivity index (χ4n) is 2.20. The van der Waals surface area contributed by atoms with Gasteiger partial charge in [0, 0.05) is 11.7 Å². The first-order chi connectivity index (χ1) is 10.7. The van der Waals surface area contributed by atoms with Gasteiger partial charge in [-0.05, 0) is 44.9 Å². The molecule has 23 heavy (non-hydrogen) atoms. The molecule has 0 aliphatic heterocycles. The lowest BCUT2D eigenvalue weighted by atomic mass is 10.1. The molecule has 1 aromatic rings. The minimum absolute atomic E-state index is 0.0615. The largest absolute Gasteiger partial charge is 0.352 e. The van der Waals surface area contributed by atoms with Crippen LogP contribution in [-0.4, -0.2) is 42.9 Å². The molecule has 0 spiro atoms. The van der Waals surface area contributed by atoms with Crippen LogP contribution in [0.2, 0.25) is 0 Å². The monoisotopic (exact) mass is 319 g/mol. The van der Waals surface area contributed by atoms with Gasteiger partial charge in [-0.1, -0.05) is 32.0 Å². The fourth-order valence-corrected chi connectivity index (χ4v) is 2.20. The number of anilines is 1. The van der Waals surface area contributed by atoms with Crippen molar-refractivity contribution in [1.82, 2.24) is 10.2 Å². The number of nitrogens with one attached hydrogen (secondary N) is 2. The number of hydrogen-bond acceptors (Lipinski definition) is 3. The molecule has 2 N–H and O–H groups in total. The van der Waals surface area contributed by atoms with Crippen LogP contribution in [0.5, 0.6) is 0 Å². The Kier molecular flexibility index (Phi) is 7.23. The first-order valence-corrected chi connectivity index (χ1v) is 8.04. The van der Waals surface area contributed by atoms with Crippen molar-refractivity contribution in [3.8, 4) is 0 Å². The molecule has 0 bridgehead atoms. The summed E-state index contributed by atoms with van der Waals surface area (Å²) in [6.45, 7) is 10.4. The Morgan fingerprint density at radius 1 is 1.04 bits per heavy atom. The molecule has 2 amide bonds. The zero-order valence-electron chi connectivity index (χ0n) is 15.1. The summed E-state index contributed by atoms with van der Waals surface area (Å²) in [6, 6.07) is 6.02. The van der Waals surface area contributed by atoms with Gasteiger partial charge in [-0.3, -0.25) is 14.5 Å². The van der Waals surface area contributed by atoms with Gasteiger partial charge in [0.1, 0.15) is 0 Å². The third-order valence-electron chi connectivity index (χ3n) is 3.96. The minimum Gasteiger partial charge on any atom is -0.352 e. The van der Waals surface area contributed by atoms with Crippen molar-refractivity contribution in [3.05, 3.63) is 29.3 Å². The van der Waals surface area contributed by atoms with Crippen molar-refractivity contribution >= 4 is 17.5 Å². The van der Waals surface area contributed by atoms with Gasteiger partial charge >= 0.3 is 0 Å². The third kappa shape index (κ3) is 6.40. The highest BCUT2D eigenvalue weighted by Crippen LogP contribution is 2.19. The summed E-state index contributed by atoms with van der Waals surface area (Å²) >= 11 is 0. The number of amides is 2. The molecule has 1 atom stereocenters. The molecule has 0 fully saturated rings. The van der Waals surface area contributed by atoms with Gasteiger partial charge in [-0.2, -0.15) is 0 Å². The quantitative estimate of drug-likeness (QED) is 0.811. The molecule has 0 radical (unpaired) electrons. The van der Waals surface area contributed by atoms with E-state index in [1.165, 1.54) is 0 Å². The average molecular weight is 319 g/mol. The number of likely N-dealkylation sites (N-methyl/N-ethyl adjacent to an activating group) is 1. The number of carbonyl (C=O) groups is 2. The summed E-state index contributed by atoms with van der Waals surface area (Å²) in [7, 11) is 1.77. The van der Waals surface area contributed by atoms with E-state index < -0.39 is 0 Å². The lowest BCUT2D eigenvalue weighted by Crippen LogP contribution is -2.43. The Hall–Kier alpha value is -1.88. The van der Waals surface area contributed by atoms with E-state index in [0.717, 1.165) is 16.8 Å². The van der Waals surface area contributed by atoms with Gasteiger partial charge < -0.3 is 10.6 Å². The maximum atomic E-state index is 12.2. The van der Waals surface area contributed by atoms with Gasteiger partial charge in [0.05, 0.1) is 13.1 Å². The number of aryl methyl sites for hydroxylation is 2. The lowest BCUT2D eigenvalue weighted by Gasteiger charge is -2.21. The van der Waals surface area contributed by atoms with E-state index in [-0.39, 0.29) is 30.9 Å². The molecule has 0 aliphatic carbocycles. The molecular weight excluding hydrogens is 290 g/mol. The second-order valence-corrected chi connectivity index (χ2v) is 6.59. The maximum Gasteiger partial charge on any atom is 0.238 e. The molecule has 5 nitrogen and oxygen atoms in total. The van der Waals surface area contributed by atoms with Gasteiger partial charge in [0.15, 0.2) is 0 Å². The fraction of sp³-hybridized carbons (Fsp3) is 0.556. The molecule has 1 aromatic carbocycles. The van der Waals surface area contributed by atoms with Crippen molar-refractivity contribution in [1.29, 1.82) is 0 Å². The lowest BCUT2D eigenvalue weighted by molar-refractivity contribution is -0.123. The summed E-state index contributed by atoms with van der Waals surface area (Å²) < 4.78 is 0. The van der Waals surface area contributed by atoms with Gasteiger partial charge in [0.2, 0.25) is 11.8 Å². The van der Waals surface area contributed by atoms with E-state index in [2.05, 4.69) is 24.5 Å². The smallest absolute Gasteiger partial charge is 0.238 e. The van der Waals surface area contributed by atoms with Crippen LogP contribution < -0.4 is 10.6 Å². The number of hydrogen-bond donors (Lipinski definition) is 2. The van der Waals surface area contributed by atoms with Crippen LogP contribution in [0, 0.1) is 19.8 Å². The van der Waals surface area contributed by atoms with Crippen LogP contribution in [0.1, 0.15) is 31.9 Å². The van der Waals surface area contributed by atoms with E-state index in [4.69, 9.17) is 0 Å². The van der Waals surface area contributed by atoms with Crippen LogP contribution >= 0.6 is 0 Å². The first-order valence-electron chi connectivity index (χ1n) is 8.04. The molecule has 0 saturated carbocycles. The normalized spacial score (nSPS) is 12.3. The third-order valence-corrected chi connectivity index (χ3v) is 3.96. The van der Waals surface area contributed by atoms with Crippen molar-refractivity contribution in [3.63, 3.8) is 0 Å². The Labute approximate surface area is 139 Å². The highest BCUT2D eigenvalue weighted by atomic mass is 16.2. The van der Waals surface area contributed by atoms with Crippen molar-refractivity contribution in [2.24, 2.45) is 5.92 Å². The summed E-state index contributed by atoms with van der Waals surface area (Å²) in [6.07, 6.45) is 0. The van der Waals surface area contributed by atoms with E-state index in [0.29, 0.717) is 5.92 Å². The Morgan fingerprint density at radius 2 is 1.57 bits per heavy atom. The predicted molar refractivity (Wildman–Crippen MR) is 94.5 cm³/mol. The Balaban J connectivity index is 2.49. The van der Waals surface area contributed by atoms with Crippen LogP contribution in [-0.2, 0) is 9.59 Å². The van der Waals surface area contributed by atoms with Gasteiger partial charge in [-0.15, -0.1) is 0 Å². The summed E-state index contributed by atoms with van der Waals surface area (Å²) in [5.41, 5.74) is 2.91. The van der Waals surface area contributed by atoms with E-state index in [9.17, 15) is 9.59 Å². The van der Waals surface area contributed by atoms with E-state index >= 15 is 0 Å². The van der Waals surface area contributed by atoms with Gasteiger partial charge in [0.25, 0.3) is 0 Å². The van der Waals surface area contributed by atoms with Crippen LogP contribution in [0.3, 0.4) is 0 Å². The van der Waals surface area contributed by atoms with Crippen molar-refractivity contribution < 1.29 is 9.59 Å². The SMILES string of the molecule is Cc1cccc(C)c1NC(=O)CN(C)CC(=O)N[C@H](C)C(C)C. The molecule has 0 unspecified atom stereocenters. The number of para-hydroxylation sites is 1. The van der Waals surface area contributed by atoms with Crippen LogP contribution in [0.4, 0.5) is 5.69 Å². The standard InChI is InChI=1S/C18H29N3O2/c1-12(2)15(5)19-16(22)10-21(6)11-17(23)20-18-13(3)8-7-9-14(18)4/h7-9,12,15H,10-11H2,1-6H3,(H,19,22)(H,20,23)/t15-/m1/s1. The predicted octanol–water partition coefficient (Wildman–Crippen LogP) is 2.33. The zero-order valence-corrected chi connectivity index (χ0v) is 15.1. The molecule has 5 heteroatoms. The second kappa shape index (κ2) is 8.67. The van der Waals surface area contributed by atoms with Crippen LogP contribution in [0.25, 0.3) is 0 Å². The minimum atomic E-state index is -0.116. The topological polar surface area (TPSA) is 61.4 Å². The maximum absolute atomic E-state index is 12.2. The van der Waals surface area contributed by atoms with Crippen molar-refractivity contribution in [2.75, 3.05) is 25.5 Å². The van der Waals surface area contributed by atoms with Crippen LogP contribution in [0.15, 0.2) is 18.2 Å². The Bertz CT molecular complexity index is 535. The first kappa shape index (κ1) is 19.2. The summed E-state index contributed by atoms with van der Waals surface area (Å²) in [5, 5.41) is 5.87. The molecule has 0 saturated heterocycles. The molecular formula is C18H29N3O2. The highest BCUT2D eigenvalue weighted by molar-refractivity contribution is 5.94. The van der Waals surface area contributed by atoms with E-state index in [1.807, 2.05) is 39.0 Å². The van der Waals surface area contributed by atoms with Crippen molar-refractivity contribution in [2.45, 2.75) is 40.7 Å². The average Bonchev–Trinajstić information content (AvgIpc) is 2.42. The number of carbonyl (C=O) groups excluding carboxylic acids is 2. The zero-order chi connectivity index (χ0) is 17.6. The molecule has 0 aliphatic rings. The summed E-state index contributed by atoms with van der Waals surface area (Å²) in [4.78, 5) is 25.8. The number of rotatable bonds is 7. The van der Waals surface area contributed by atoms with Gasteiger partial charge in [-0.25, -0.2) is 0 Å². The number of benzene rings is 1. The van der Waals surface area contributed by atoms with E-state index in [1.54, 1.807) is 11.9 Å². The highest BCUT2D eigenvalue weighted by Gasteiger charge is 2.15. The molecule has 1 rings (SSSR count). The second-order valence-electron chi connectivity index (χ2n) is 6.59. The molecule has 128 valence electrons. The number of nitrogens with zero attached hydrogens (tertiary/aromatic N) is 1.